The first-order chi connectivity index (χ1) is 7.30. The molecule has 16 heavy (non-hydrogen) atoms. The van der Waals surface area contributed by atoms with E-state index in [0.717, 1.165) is 6.07 Å². The second-order valence-electron chi connectivity index (χ2n) is 3.31. The molecule has 5 heteroatoms. The second-order valence-corrected chi connectivity index (χ2v) is 3.31. The SMILES string of the molecule is CC(=O)/C=C/c1ccc(C(F)(F)F)nc1C. The smallest absolute Gasteiger partial charge is 0.295 e. The molecule has 0 aliphatic heterocycles. The standard InChI is InChI=1S/C11H10F3NO/c1-7(16)3-4-9-5-6-10(11(12,13)14)15-8(9)2/h3-6H,1-2H3/b4-3+. The topological polar surface area (TPSA) is 30.0 Å². The highest BCUT2D eigenvalue weighted by atomic mass is 19.4. The van der Waals surface area contributed by atoms with E-state index in [-0.39, 0.29) is 11.5 Å². The maximum Gasteiger partial charge on any atom is 0.433 e. The number of aromatic nitrogens is 1. The minimum Gasteiger partial charge on any atom is -0.295 e. The molecule has 0 unspecified atom stereocenters. The number of halogens is 3. The van der Waals surface area contributed by atoms with Gasteiger partial charge in [-0.1, -0.05) is 6.07 Å². The van der Waals surface area contributed by atoms with Crippen LogP contribution in [-0.2, 0) is 11.0 Å². The lowest BCUT2D eigenvalue weighted by Gasteiger charge is -2.07. The van der Waals surface area contributed by atoms with Crippen LogP contribution in [0.4, 0.5) is 13.2 Å². The van der Waals surface area contributed by atoms with Crippen molar-refractivity contribution in [1.82, 2.24) is 4.98 Å². The van der Waals surface area contributed by atoms with E-state index in [1.54, 1.807) is 0 Å². The first kappa shape index (κ1) is 12.4. The Kier molecular flexibility index (Phi) is 3.47. The van der Waals surface area contributed by atoms with Gasteiger partial charge in [0.05, 0.1) is 0 Å². The number of carbonyl (C=O) groups excluding carboxylic acids is 1. The van der Waals surface area contributed by atoms with Crippen molar-refractivity contribution < 1.29 is 18.0 Å². The maximum atomic E-state index is 12.3. The van der Waals surface area contributed by atoms with Crippen molar-refractivity contribution in [3.05, 3.63) is 35.2 Å². The largest absolute Gasteiger partial charge is 0.433 e. The molecular weight excluding hydrogens is 219 g/mol. The van der Waals surface area contributed by atoms with Gasteiger partial charge in [0.2, 0.25) is 0 Å². The summed E-state index contributed by atoms with van der Waals surface area (Å²) in [4.78, 5) is 14.1. The lowest BCUT2D eigenvalue weighted by atomic mass is 10.1. The summed E-state index contributed by atoms with van der Waals surface area (Å²) < 4.78 is 36.8. The number of ketones is 1. The van der Waals surface area contributed by atoms with Crippen LogP contribution in [0.3, 0.4) is 0 Å². The molecule has 2 nitrogen and oxygen atoms in total. The summed E-state index contributed by atoms with van der Waals surface area (Å²) >= 11 is 0. The number of carbonyl (C=O) groups is 1. The Morgan fingerprint density at radius 2 is 2.00 bits per heavy atom. The van der Waals surface area contributed by atoms with Gasteiger partial charge in [0.25, 0.3) is 0 Å². The molecule has 0 fully saturated rings. The number of pyridine rings is 1. The predicted molar refractivity (Wildman–Crippen MR) is 53.7 cm³/mol. The summed E-state index contributed by atoms with van der Waals surface area (Å²) in [5.74, 6) is -0.167. The van der Waals surface area contributed by atoms with Crippen molar-refractivity contribution in [2.75, 3.05) is 0 Å². The third-order valence-corrected chi connectivity index (χ3v) is 1.91. The molecule has 1 aromatic heterocycles. The molecule has 0 amide bonds. The molecule has 0 aromatic carbocycles. The Bertz CT molecular complexity index is 435. The molecular formula is C11H10F3NO. The summed E-state index contributed by atoms with van der Waals surface area (Å²) in [6, 6.07) is 2.19. The van der Waals surface area contributed by atoms with Crippen LogP contribution >= 0.6 is 0 Å². The number of aryl methyl sites for hydroxylation is 1. The van der Waals surface area contributed by atoms with Crippen LogP contribution in [0.5, 0.6) is 0 Å². The van der Waals surface area contributed by atoms with Gasteiger partial charge in [-0.05, 0) is 37.6 Å². The number of nitrogens with zero attached hydrogens (tertiary/aromatic N) is 1. The first-order valence-corrected chi connectivity index (χ1v) is 4.54. The van der Waals surface area contributed by atoms with E-state index >= 15 is 0 Å². The lowest BCUT2D eigenvalue weighted by molar-refractivity contribution is -0.141. The Labute approximate surface area is 90.8 Å². The molecule has 0 atom stereocenters. The van der Waals surface area contributed by atoms with E-state index in [1.165, 1.54) is 32.1 Å². The van der Waals surface area contributed by atoms with Gasteiger partial charge in [0.15, 0.2) is 5.78 Å². The molecule has 0 aliphatic rings. The van der Waals surface area contributed by atoms with Crippen LogP contribution < -0.4 is 0 Å². The van der Waals surface area contributed by atoms with E-state index < -0.39 is 11.9 Å². The van der Waals surface area contributed by atoms with Gasteiger partial charge in [-0.3, -0.25) is 4.79 Å². The summed E-state index contributed by atoms with van der Waals surface area (Å²) in [6.45, 7) is 2.83. The van der Waals surface area contributed by atoms with Crippen molar-refractivity contribution in [1.29, 1.82) is 0 Å². The van der Waals surface area contributed by atoms with Crippen LogP contribution in [0.2, 0.25) is 0 Å². The van der Waals surface area contributed by atoms with E-state index in [4.69, 9.17) is 0 Å². The molecule has 0 radical (unpaired) electrons. The van der Waals surface area contributed by atoms with Crippen LogP contribution in [-0.4, -0.2) is 10.8 Å². The average Bonchev–Trinajstić information content (AvgIpc) is 2.14. The summed E-state index contributed by atoms with van der Waals surface area (Å²) in [5, 5.41) is 0. The molecule has 0 saturated heterocycles. The predicted octanol–water partition coefficient (Wildman–Crippen LogP) is 3.01. The highest BCUT2D eigenvalue weighted by Crippen LogP contribution is 2.28. The van der Waals surface area contributed by atoms with E-state index in [2.05, 4.69) is 4.98 Å². The number of allylic oxidation sites excluding steroid dienone is 1. The fourth-order valence-corrected chi connectivity index (χ4v) is 1.11. The molecule has 1 heterocycles. The van der Waals surface area contributed by atoms with Crippen LogP contribution in [0.1, 0.15) is 23.9 Å². The van der Waals surface area contributed by atoms with Gasteiger partial charge < -0.3 is 0 Å². The Balaban J connectivity index is 3.05. The zero-order valence-corrected chi connectivity index (χ0v) is 8.80. The van der Waals surface area contributed by atoms with Crippen molar-refractivity contribution in [2.24, 2.45) is 0 Å². The quantitative estimate of drug-likeness (QED) is 0.729. The fourth-order valence-electron chi connectivity index (χ4n) is 1.11. The summed E-state index contributed by atoms with van der Waals surface area (Å²) in [6.07, 6.45) is -1.70. The van der Waals surface area contributed by atoms with E-state index in [0.29, 0.717) is 5.56 Å². The van der Waals surface area contributed by atoms with Crippen molar-refractivity contribution in [2.45, 2.75) is 20.0 Å². The minimum absolute atomic E-state index is 0.167. The lowest BCUT2D eigenvalue weighted by Crippen LogP contribution is -2.08. The normalized spacial score (nSPS) is 12.1. The minimum atomic E-state index is -4.44. The van der Waals surface area contributed by atoms with Crippen molar-refractivity contribution in [3.63, 3.8) is 0 Å². The third-order valence-electron chi connectivity index (χ3n) is 1.91. The summed E-state index contributed by atoms with van der Waals surface area (Å²) in [5.41, 5.74) is -0.180. The van der Waals surface area contributed by atoms with Crippen LogP contribution in [0.25, 0.3) is 6.08 Å². The maximum absolute atomic E-state index is 12.3. The molecule has 0 saturated carbocycles. The van der Waals surface area contributed by atoms with E-state index in [9.17, 15) is 18.0 Å². The van der Waals surface area contributed by atoms with Crippen molar-refractivity contribution >= 4 is 11.9 Å². The number of alkyl halides is 3. The van der Waals surface area contributed by atoms with Gasteiger partial charge >= 0.3 is 6.18 Å². The summed E-state index contributed by atoms with van der Waals surface area (Å²) in [7, 11) is 0. The Morgan fingerprint density at radius 1 is 1.38 bits per heavy atom. The van der Waals surface area contributed by atoms with Gasteiger partial charge in [-0.15, -0.1) is 0 Å². The Hall–Kier alpha value is -1.65. The number of hydrogen-bond acceptors (Lipinski definition) is 2. The molecule has 0 N–H and O–H groups in total. The number of hydrogen-bond donors (Lipinski definition) is 0. The fraction of sp³-hybridized carbons (Fsp3) is 0.273. The molecule has 0 aliphatic carbocycles. The van der Waals surface area contributed by atoms with Gasteiger partial charge in [0.1, 0.15) is 5.69 Å². The third kappa shape index (κ3) is 3.18. The monoisotopic (exact) mass is 229 g/mol. The van der Waals surface area contributed by atoms with Crippen LogP contribution in [0, 0.1) is 6.92 Å². The molecule has 1 rings (SSSR count). The zero-order valence-electron chi connectivity index (χ0n) is 8.80. The molecule has 0 spiro atoms. The zero-order chi connectivity index (χ0) is 12.3. The second kappa shape index (κ2) is 4.47. The molecule has 86 valence electrons. The van der Waals surface area contributed by atoms with Crippen LogP contribution in [0.15, 0.2) is 18.2 Å². The van der Waals surface area contributed by atoms with Gasteiger partial charge in [0, 0.05) is 5.69 Å². The highest BCUT2D eigenvalue weighted by Gasteiger charge is 2.32. The Morgan fingerprint density at radius 3 is 2.44 bits per heavy atom. The highest BCUT2D eigenvalue weighted by molar-refractivity contribution is 5.91. The van der Waals surface area contributed by atoms with Gasteiger partial charge in [-0.25, -0.2) is 4.98 Å². The molecule has 0 bridgehead atoms. The molecule has 1 aromatic rings. The van der Waals surface area contributed by atoms with Crippen molar-refractivity contribution in [3.8, 4) is 0 Å². The first-order valence-electron chi connectivity index (χ1n) is 4.54. The number of rotatable bonds is 2. The van der Waals surface area contributed by atoms with Gasteiger partial charge in [-0.2, -0.15) is 13.2 Å². The average molecular weight is 229 g/mol. The van der Waals surface area contributed by atoms with E-state index in [1.807, 2.05) is 0 Å².